The average molecular weight is 469 g/mol. The van der Waals surface area contributed by atoms with Gasteiger partial charge in [-0.05, 0) is 55.7 Å². The number of fused-ring (bicyclic) bond motifs is 1. The normalized spacial score (nSPS) is 21.5. The number of benzene rings is 2. The van der Waals surface area contributed by atoms with E-state index in [1.165, 1.54) is 4.90 Å². The summed E-state index contributed by atoms with van der Waals surface area (Å²) in [6.07, 6.45) is 3.58. The molecule has 0 radical (unpaired) electrons. The molecule has 2 fully saturated rings. The first-order chi connectivity index (χ1) is 14.5. The SMILES string of the molecule is C/C(=N/OC(=O)c1cccc(Br)c1)c1ccc(N2C(=O)[C@H]3CCCC[C@H]3C2=O)cc1. The summed E-state index contributed by atoms with van der Waals surface area (Å²) in [4.78, 5) is 43.9. The predicted molar refractivity (Wildman–Crippen MR) is 116 cm³/mol. The Bertz CT molecular complexity index is 1010. The first-order valence-corrected chi connectivity index (χ1v) is 10.7. The fourth-order valence-corrected chi connectivity index (χ4v) is 4.50. The van der Waals surface area contributed by atoms with Gasteiger partial charge in [0.1, 0.15) is 0 Å². The Morgan fingerprint density at radius 2 is 1.63 bits per heavy atom. The molecular weight excluding hydrogens is 448 g/mol. The largest absolute Gasteiger partial charge is 0.365 e. The molecule has 1 heterocycles. The Balaban J connectivity index is 1.46. The summed E-state index contributed by atoms with van der Waals surface area (Å²) >= 11 is 3.31. The van der Waals surface area contributed by atoms with Gasteiger partial charge in [0.15, 0.2) is 0 Å². The summed E-state index contributed by atoms with van der Waals surface area (Å²) in [6.45, 7) is 1.73. The van der Waals surface area contributed by atoms with Crippen LogP contribution in [-0.4, -0.2) is 23.5 Å². The third kappa shape index (κ3) is 3.94. The molecule has 1 saturated heterocycles. The van der Waals surface area contributed by atoms with Gasteiger partial charge in [-0.2, -0.15) is 0 Å². The van der Waals surface area contributed by atoms with Crippen LogP contribution < -0.4 is 4.90 Å². The third-order valence-corrected chi connectivity index (χ3v) is 6.20. The van der Waals surface area contributed by atoms with Gasteiger partial charge in [-0.3, -0.25) is 14.5 Å². The second-order valence-electron chi connectivity index (χ2n) is 7.62. The number of hydrogen-bond acceptors (Lipinski definition) is 5. The van der Waals surface area contributed by atoms with Crippen LogP contribution in [0.1, 0.15) is 48.5 Å². The predicted octanol–water partition coefficient (Wildman–Crippen LogP) is 4.71. The number of oxime groups is 1. The van der Waals surface area contributed by atoms with E-state index >= 15 is 0 Å². The summed E-state index contributed by atoms with van der Waals surface area (Å²) in [5.74, 6) is -1.09. The van der Waals surface area contributed by atoms with E-state index in [4.69, 9.17) is 4.84 Å². The van der Waals surface area contributed by atoms with E-state index in [1.54, 1.807) is 49.4 Å². The molecule has 2 aromatic rings. The van der Waals surface area contributed by atoms with E-state index in [1.807, 2.05) is 6.07 Å². The van der Waals surface area contributed by atoms with Crippen molar-refractivity contribution in [2.45, 2.75) is 32.6 Å². The highest BCUT2D eigenvalue weighted by atomic mass is 79.9. The van der Waals surface area contributed by atoms with E-state index in [-0.39, 0.29) is 23.7 Å². The summed E-state index contributed by atoms with van der Waals surface area (Å²) in [5.41, 5.74) is 2.21. The summed E-state index contributed by atoms with van der Waals surface area (Å²) in [7, 11) is 0. The zero-order valence-corrected chi connectivity index (χ0v) is 18.1. The molecule has 2 atom stereocenters. The standard InChI is InChI=1S/C23H21BrN2O4/c1-14(25-30-23(29)16-5-4-6-17(24)13-16)15-9-11-18(12-10-15)26-21(27)19-7-2-3-8-20(19)22(26)28/h4-6,9-13,19-20H,2-3,7-8H2,1H3/b25-14-/t19-,20+. The quantitative estimate of drug-likeness (QED) is 0.281. The molecule has 6 nitrogen and oxygen atoms in total. The molecule has 4 rings (SSSR count). The number of imide groups is 1. The molecule has 30 heavy (non-hydrogen) atoms. The number of anilines is 1. The molecule has 0 spiro atoms. The van der Waals surface area contributed by atoms with Crippen LogP contribution in [0.4, 0.5) is 5.69 Å². The maximum atomic E-state index is 12.7. The second kappa shape index (κ2) is 8.52. The van der Waals surface area contributed by atoms with Crippen molar-refractivity contribution < 1.29 is 19.2 Å². The van der Waals surface area contributed by atoms with Crippen LogP contribution in [0.3, 0.4) is 0 Å². The highest BCUT2D eigenvalue weighted by Gasteiger charge is 2.48. The van der Waals surface area contributed by atoms with Gasteiger partial charge in [0, 0.05) is 4.47 Å². The fraction of sp³-hybridized carbons (Fsp3) is 0.304. The molecule has 0 bridgehead atoms. The maximum absolute atomic E-state index is 12.7. The molecule has 1 aliphatic carbocycles. The monoisotopic (exact) mass is 468 g/mol. The molecule has 154 valence electrons. The second-order valence-corrected chi connectivity index (χ2v) is 8.54. The number of amides is 2. The summed E-state index contributed by atoms with van der Waals surface area (Å²) in [6, 6.07) is 13.9. The van der Waals surface area contributed by atoms with Crippen LogP contribution in [0, 0.1) is 11.8 Å². The minimum Gasteiger partial charge on any atom is -0.313 e. The molecule has 7 heteroatoms. The minimum atomic E-state index is -0.553. The highest BCUT2D eigenvalue weighted by Crippen LogP contribution is 2.40. The maximum Gasteiger partial charge on any atom is 0.365 e. The van der Waals surface area contributed by atoms with Gasteiger partial charge in [-0.15, -0.1) is 0 Å². The molecule has 2 amide bonds. The number of halogens is 1. The van der Waals surface area contributed by atoms with Crippen LogP contribution in [0.15, 0.2) is 58.2 Å². The Morgan fingerprint density at radius 1 is 1.00 bits per heavy atom. The fourth-order valence-electron chi connectivity index (χ4n) is 4.10. The van der Waals surface area contributed by atoms with E-state index in [2.05, 4.69) is 21.1 Å². The average Bonchev–Trinajstić information content (AvgIpc) is 3.02. The van der Waals surface area contributed by atoms with Gasteiger partial charge < -0.3 is 4.84 Å². The molecule has 1 aliphatic heterocycles. The number of carbonyl (C=O) groups is 3. The van der Waals surface area contributed by atoms with E-state index in [0.29, 0.717) is 17.0 Å². The summed E-state index contributed by atoms with van der Waals surface area (Å²) in [5, 5.41) is 3.92. The van der Waals surface area contributed by atoms with Crippen molar-refractivity contribution in [2.75, 3.05) is 4.90 Å². The van der Waals surface area contributed by atoms with E-state index in [9.17, 15) is 14.4 Å². The van der Waals surface area contributed by atoms with Crippen molar-refractivity contribution in [3.63, 3.8) is 0 Å². The molecule has 0 aromatic heterocycles. The van der Waals surface area contributed by atoms with E-state index in [0.717, 1.165) is 35.7 Å². The lowest BCUT2D eigenvalue weighted by Crippen LogP contribution is -2.30. The number of nitrogens with zero attached hydrogens (tertiary/aromatic N) is 2. The van der Waals surface area contributed by atoms with Crippen molar-refractivity contribution in [2.24, 2.45) is 17.0 Å². The molecular formula is C23H21BrN2O4. The molecule has 0 N–H and O–H groups in total. The molecule has 2 aromatic carbocycles. The Morgan fingerprint density at radius 3 is 2.23 bits per heavy atom. The van der Waals surface area contributed by atoms with Gasteiger partial charge in [-0.25, -0.2) is 4.79 Å². The lowest BCUT2D eigenvalue weighted by Gasteiger charge is -2.19. The van der Waals surface area contributed by atoms with Crippen molar-refractivity contribution in [3.05, 3.63) is 64.1 Å². The van der Waals surface area contributed by atoms with Crippen LogP contribution in [0.2, 0.25) is 0 Å². The Kier molecular flexibility index (Phi) is 5.81. The molecule has 1 saturated carbocycles. The summed E-state index contributed by atoms with van der Waals surface area (Å²) < 4.78 is 0.777. The topological polar surface area (TPSA) is 76.0 Å². The lowest BCUT2D eigenvalue weighted by molar-refractivity contribution is -0.122. The zero-order chi connectivity index (χ0) is 21.3. The van der Waals surface area contributed by atoms with Crippen LogP contribution in [0.5, 0.6) is 0 Å². The zero-order valence-electron chi connectivity index (χ0n) is 16.5. The van der Waals surface area contributed by atoms with Gasteiger partial charge in [0.05, 0.1) is 28.8 Å². The lowest BCUT2D eigenvalue weighted by atomic mass is 9.81. The van der Waals surface area contributed by atoms with Gasteiger partial charge >= 0.3 is 5.97 Å². The van der Waals surface area contributed by atoms with Crippen LogP contribution >= 0.6 is 15.9 Å². The van der Waals surface area contributed by atoms with E-state index < -0.39 is 5.97 Å². The molecule has 2 aliphatic rings. The number of hydrogen-bond donors (Lipinski definition) is 0. The Hall–Kier alpha value is -2.80. The number of carbonyl (C=O) groups excluding carboxylic acids is 3. The van der Waals surface area contributed by atoms with Crippen molar-refractivity contribution in [1.82, 2.24) is 0 Å². The first kappa shape index (κ1) is 20.5. The number of rotatable bonds is 4. The van der Waals surface area contributed by atoms with Crippen LogP contribution in [-0.2, 0) is 14.4 Å². The van der Waals surface area contributed by atoms with Gasteiger partial charge in [-0.1, -0.05) is 52.1 Å². The highest BCUT2D eigenvalue weighted by molar-refractivity contribution is 9.10. The Labute approximate surface area is 183 Å². The minimum absolute atomic E-state index is 0.0919. The van der Waals surface area contributed by atoms with Crippen molar-refractivity contribution >= 4 is 45.1 Å². The van der Waals surface area contributed by atoms with Gasteiger partial charge in [0.25, 0.3) is 0 Å². The third-order valence-electron chi connectivity index (χ3n) is 5.71. The van der Waals surface area contributed by atoms with Crippen molar-refractivity contribution in [1.29, 1.82) is 0 Å². The smallest absolute Gasteiger partial charge is 0.313 e. The molecule has 0 unspecified atom stereocenters. The first-order valence-electron chi connectivity index (χ1n) is 9.95. The van der Waals surface area contributed by atoms with Crippen LogP contribution in [0.25, 0.3) is 0 Å². The van der Waals surface area contributed by atoms with Crippen molar-refractivity contribution in [3.8, 4) is 0 Å². The van der Waals surface area contributed by atoms with Gasteiger partial charge in [0.2, 0.25) is 11.8 Å².